The lowest BCUT2D eigenvalue weighted by Gasteiger charge is -2.06. The number of nitriles is 1. The molecule has 2 aromatic rings. The van der Waals surface area contributed by atoms with Crippen molar-refractivity contribution in [2.45, 2.75) is 0 Å². The number of benzene rings is 1. The number of hydrogen-bond donors (Lipinski definition) is 0. The van der Waals surface area contributed by atoms with Crippen LogP contribution in [0.3, 0.4) is 0 Å². The molecule has 0 unspecified atom stereocenters. The van der Waals surface area contributed by atoms with Crippen LogP contribution in [0.15, 0.2) is 28.9 Å². The summed E-state index contributed by atoms with van der Waals surface area (Å²) < 4.78 is 19.5. The van der Waals surface area contributed by atoms with Gasteiger partial charge in [-0.15, -0.1) is 0 Å². The standard InChI is InChI=1S/C11H4ClFINO/c12-7-4-8(14)10(6(5-15)11(7)13)9-2-1-3-16-9/h1-4H. The minimum absolute atomic E-state index is 0.0590. The Balaban J connectivity index is 2.80. The zero-order chi connectivity index (χ0) is 11.7. The lowest BCUT2D eigenvalue weighted by atomic mass is 10.1. The van der Waals surface area contributed by atoms with E-state index in [4.69, 9.17) is 21.3 Å². The van der Waals surface area contributed by atoms with Crippen LogP contribution in [0.5, 0.6) is 0 Å². The van der Waals surface area contributed by atoms with Crippen LogP contribution < -0.4 is 0 Å². The molecule has 0 radical (unpaired) electrons. The van der Waals surface area contributed by atoms with E-state index in [1.807, 2.05) is 28.7 Å². The number of halogens is 3. The molecule has 0 atom stereocenters. The fraction of sp³-hybridized carbons (Fsp3) is 0. The van der Waals surface area contributed by atoms with Crippen molar-refractivity contribution < 1.29 is 8.81 Å². The molecule has 80 valence electrons. The van der Waals surface area contributed by atoms with E-state index in [0.29, 0.717) is 14.9 Å². The molecule has 0 spiro atoms. The van der Waals surface area contributed by atoms with E-state index < -0.39 is 5.82 Å². The summed E-state index contributed by atoms with van der Waals surface area (Å²) in [5, 5.41) is 8.89. The van der Waals surface area contributed by atoms with Gasteiger partial charge in [-0.2, -0.15) is 5.26 Å². The third kappa shape index (κ3) is 1.81. The monoisotopic (exact) mass is 347 g/mol. The molecule has 1 heterocycles. The number of rotatable bonds is 1. The molecule has 1 aromatic heterocycles. The Morgan fingerprint density at radius 2 is 2.25 bits per heavy atom. The SMILES string of the molecule is N#Cc1c(F)c(Cl)cc(I)c1-c1ccco1. The molecule has 2 nitrogen and oxygen atoms in total. The topological polar surface area (TPSA) is 36.9 Å². The first-order valence-corrected chi connectivity index (χ1v) is 5.72. The van der Waals surface area contributed by atoms with Crippen LogP contribution in [0.25, 0.3) is 11.3 Å². The Morgan fingerprint density at radius 1 is 1.50 bits per heavy atom. The van der Waals surface area contributed by atoms with E-state index in [0.717, 1.165) is 0 Å². The van der Waals surface area contributed by atoms with Crippen molar-refractivity contribution in [3.63, 3.8) is 0 Å². The van der Waals surface area contributed by atoms with Gasteiger partial charge in [0.15, 0.2) is 5.82 Å². The van der Waals surface area contributed by atoms with Gasteiger partial charge in [0.2, 0.25) is 0 Å². The number of hydrogen-bond acceptors (Lipinski definition) is 2. The Kier molecular flexibility index (Phi) is 3.17. The number of furan rings is 1. The molecule has 2 rings (SSSR count). The van der Waals surface area contributed by atoms with Crippen LogP contribution >= 0.6 is 34.2 Å². The molecule has 1 aromatic carbocycles. The van der Waals surface area contributed by atoms with E-state index in [-0.39, 0.29) is 10.6 Å². The summed E-state index contributed by atoms with van der Waals surface area (Å²) in [6, 6.07) is 6.63. The maximum Gasteiger partial charge on any atom is 0.160 e. The third-order valence-corrected chi connectivity index (χ3v) is 3.18. The molecule has 16 heavy (non-hydrogen) atoms. The first kappa shape index (κ1) is 11.4. The fourth-order valence-corrected chi connectivity index (χ4v) is 2.60. The first-order valence-electron chi connectivity index (χ1n) is 4.26. The highest BCUT2D eigenvalue weighted by Crippen LogP contribution is 2.34. The molecule has 0 bridgehead atoms. The van der Waals surface area contributed by atoms with Gasteiger partial charge >= 0.3 is 0 Å². The van der Waals surface area contributed by atoms with Crippen molar-refractivity contribution >= 4 is 34.2 Å². The minimum Gasteiger partial charge on any atom is -0.464 e. The molecule has 0 N–H and O–H groups in total. The zero-order valence-electron chi connectivity index (χ0n) is 7.80. The van der Waals surface area contributed by atoms with Crippen molar-refractivity contribution in [2.24, 2.45) is 0 Å². The Labute approximate surface area is 110 Å². The second kappa shape index (κ2) is 4.44. The highest BCUT2D eigenvalue weighted by Gasteiger charge is 2.19. The normalized spacial score (nSPS) is 10.1. The van der Waals surface area contributed by atoms with E-state index in [2.05, 4.69) is 0 Å². The molecule has 0 saturated carbocycles. The fourth-order valence-electron chi connectivity index (χ4n) is 1.36. The van der Waals surface area contributed by atoms with E-state index in [9.17, 15) is 4.39 Å². The lowest BCUT2D eigenvalue weighted by molar-refractivity contribution is 0.579. The quantitative estimate of drug-likeness (QED) is 0.572. The molecule has 0 aliphatic heterocycles. The van der Waals surface area contributed by atoms with Gasteiger partial charge in [0, 0.05) is 3.57 Å². The smallest absolute Gasteiger partial charge is 0.160 e. The molecule has 0 amide bonds. The van der Waals surface area contributed by atoms with Gasteiger partial charge < -0.3 is 4.42 Å². The van der Waals surface area contributed by atoms with Gasteiger partial charge in [-0.05, 0) is 40.8 Å². The van der Waals surface area contributed by atoms with E-state index >= 15 is 0 Å². The average molecular weight is 348 g/mol. The van der Waals surface area contributed by atoms with Crippen LogP contribution in [0, 0.1) is 20.7 Å². The Morgan fingerprint density at radius 3 is 2.81 bits per heavy atom. The van der Waals surface area contributed by atoms with E-state index in [1.54, 1.807) is 12.1 Å². The summed E-state index contributed by atoms with van der Waals surface area (Å²) in [5.74, 6) is -0.257. The highest BCUT2D eigenvalue weighted by atomic mass is 127. The van der Waals surface area contributed by atoms with Gasteiger partial charge in [-0.1, -0.05) is 11.6 Å². The molecule has 5 heteroatoms. The van der Waals surface area contributed by atoms with Crippen molar-refractivity contribution in [1.82, 2.24) is 0 Å². The zero-order valence-corrected chi connectivity index (χ0v) is 10.7. The second-order valence-electron chi connectivity index (χ2n) is 2.99. The predicted molar refractivity (Wildman–Crippen MR) is 66.5 cm³/mol. The van der Waals surface area contributed by atoms with Crippen molar-refractivity contribution in [3.8, 4) is 17.4 Å². The van der Waals surface area contributed by atoms with Crippen molar-refractivity contribution in [3.05, 3.63) is 44.4 Å². The maximum atomic E-state index is 13.6. The van der Waals surface area contributed by atoms with Gasteiger partial charge in [0.25, 0.3) is 0 Å². The van der Waals surface area contributed by atoms with E-state index in [1.165, 1.54) is 12.3 Å². The van der Waals surface area contributed by atoms with Crippen molar-refractivity contribution in [1.29, 1.82) is 5.26 Å². The summed E-state index contributed by atoms with van der Waals surface area (Å²) in [6.45, 7) is 0. The molecule has 0 saturated heterocycles. The number of nitrogens with zero attached hydrogens (tertiary/aromatic N) is 1. The van der Waals surface area contributed by atoms with Crippen molar-refractivity contribution in [2.75, 3.05) is 0 Å². The molecule has 0 aliphatic rings. The van der Waals surface area contributed by atoms with Crippen LogP contribution in [-0.2, 0) is 0 Å². The summed E-state index contributed by atoms with van der Waals surface area (Å²) >= 11 is 7.66. The largest absolute Gasteiger partial charge is 0.464 e. The summed E-state index contributed by atoms with van der Waals surface area (Å²) in [4.78, 5) is 0. The first-order chi connectivity index (χ1) is 7.65. The Hall–Kier alpha value is -1.06. The summed E-state index contributed by atoms with van der Waals surface area (Å²) in [6.07, 6.45) is 1.47. The van der Waals surface area contributed by atoms with Crippen LogP contribution in [-0.4, -0.2) is 0 Å². The lowest BCUT2D eigenvalue weighted by Crippen LogP contribution is -1.93. The van der Waals surface area contributed by atoms with Crippen LogP contribution in [0.4, 0.5) is 4.39 Å². The van der Waals surface area contributed by atoms with Gasteiger partial charge in [0.05, 0.1) is 16.8 Å². The van der Waals surface area contributed by atoms with Crippen LogP contribution in [0.2, 0.25) is 5.02 Å². The second-order valence-corrected chi connectivity index (χ2v) is 4.56. The molecule has 0 aliphatic carbocycles. The summed E-state index contributed by atoms with van der Waals surface area (Å²) in [7, 11) is 0. The third-order valence-electron chi connectivity index (χ3n) is 2.05. The highest BCUT2D eigenvalue weighted by molar-refractivity contribution is 14.1. The van der Waals surface area contributed by atoms with Crippen LogP contribution in [0.1, 0.15) is 5.56 Å². The van der Waals surface area contributed by atoms with Gasteiger partial charge in [0.1, 0.15) is 17.4 Å². The summed E-state index contributed by atoms with van der Waals surface area (Å²) in [5.41, 5.74) is 0.349. The predicted octanol–water partition coefficient (Wildman–Crippen LogP) is 4.22. The Bertz CT molecular complexity index is 575. The molecule has 0 fully saturated rings. The average Bonchev–Trinajstić information content (AvgIpc) is 2.76. The molecular weight excluding hydrogens is 343 g/mol. The molecular formula is C11H4ClFINO. The maximum absolute atomic E-state index is 13.6. The minimum atomic E-state index is -0.712. The van der Waals surface area contributed by atoms with Gasteiger partial charge in [-0.25, -0.2) is 4.39 Å². The van der Waals surface area contributed by atoms with Gasteiger partial charge in [-0.3, -0.25) is 0 Å².